The number of aliphatic imine (C=N–C) groups is 1. The van der Waals surface area contributed by atoms with Gasteiger partial charge in [0, 0.05) is 49.4 Å². The average molecular weight is 488 g/mol. The number of piperidine rings is 1. The van der Waals surface area contributed by atoms with Gasteiger partial charge in [-0.3, -0.25) is 9.89 Å². The predicted molar refractivity (Wildman–Crippen MR) is 126 cm³/mol. The Hall–Kier alpha value is -0.730. The minimum absolute atomic E-state index is 0. The van der Waals surface area contributed by atoms with Gasteiger partial charge in [-0.2, -0.15) is 0 Å². The Morgan fingerprint density at radius 3 is 2.54 bits per heavy atom. The number of nitrogens with one attached hydrogen (secondary N) is 2. The van der Waals surface area contributed by atoms with E-state index in [4.69, 9.17) is 0 Å². The third kappa shape index (κ3) is 8.77. The van der Waals surface area contributed by atoms with Crippen molar-refractivity contribution in [1.29, 1.82) is 0 Å². The second-order valence-electron chi connectivity index (χ2n) is 6.85. The number of likely N-dealkylation sites (tertiary alicyclic amines) is 1. The van der Waals surface area contributed by atoms with E-state index in [9.17, 15) is 0 Å². The lowest BCUT2D eigenvalue weighted by molar-refractivity contribution is 0.221. The van der Waals surface area contributed by atoms with Gasteiger partial charge in [0.1, 0.15) is 0 Å². The highest BCUT2D eigenvalue weighted by molar-refractivity contribution is 14.0. The first-order valence-electron chi connectivity index (χ1n) is 9.12. The van der Waals surface area contributed by atoms with Crippen LogP contribution in [-0.2, 0) is 0 Å². The first-order chi connectivity index (χ1) is 12.1. The molecule has 0 spiro atoms. The molecule has 1 aromatic carbocycles. The van der Waals surface area contributed by atoms with Gasteiger partial charge < -0.3 is 10.6 Å². The van der Waals surface area contributed by atoms with Gasteiger partial charge >= 0.3 is 0 Å². The molecular weight excluding hydrogens is 455 g/mol. The highest BCUT2D eigenvalue weighted by Crippen LogP contribution is 2.21. The average Bonchev–Trinajstić information content (AvgIpc) is 2.60. The molecule has 0 radical (unpaired) electrons. The fourth-order valence-electron chi connectivity index (χ4n) is 3.02. The van der Waals surface area contributed by atoms with Gasteiger partial charge in [-0.25, -0.2) is 0 Å². The number of halogens is 1. The van der Waals surface area contributed by atoms with Crippen LogP contribution in [0.3, 0.4) is 0 Å². The molecule has 1 aliphatic rings. The first-order valence-corrected chi connectivity index (χ1v) is 10.0. The van der Waals surface area contributed by atoms with E-state index >= 15 is 0 Å². The van der Waals surface area contributed by atoms with Gasteiger partial charge in [-0.1, -0.05) is 37.3 Å². The van der Waals surface area contributed by atoms with E-state index in [2.05, 4.69) is 71.3 Å². The Bertz CT molecular complexity index is 556. The lowest BCUT2D eigenvalue weighted by atomic mass is 10.0. The maximum atomic E-state index is 4.39. The molecular formula is C20H33IN4S. The summed E-state index contributed by atoms with van der Waals surface area (Å²) in [5.74, 6) is 0.916. The summed E-state index contributed by atoms with van der Waals surface area (Å²) < 4.78 is 0. The van der Waals surface area contributed by atoms with Crippen LogP contribution in [-0.4, -0.2) is 55.4 Å². The summed E-state index contributed by atoms with van der Waals surface area (Å²) in [7, 11) is 1.85. The first kappa shape index (κ1) is 23.3. The highest BCUT2D eigenvalue weighted by Gasteiger charge is 2.19. The third-order valence-corrected chi connectivity index (χ3v) is 5.40. The monoisotopic (exact) mass is 488 g/mol. The van der Waals surface area contributed by atoms with Crippen LogP contribution in [0.2, 0.25) is 0 Å². The number of benzene rings is 1. The van der Waals surface area contributed by atoms with Crippen molar-refractivity contribution >= 4 is 41.7 Å². The van der Waals surface area contributed by atoms with Crippen LogP contribution >= 0.6 is 35.7 Å². The molecule has 1 aromatic rings. The summed E-state index contributed by atoms with van der Waals surface area (Å²) in [4.78, 5) is 8.18. The summed E-state index contributed by atoms with van der Waals surface area (Å²) in [6.45, 7) is 12.5. The van der Waals surface area contributed by atoms with Crippen LogP contribution < -0.4 is 10.6 Å². The zero-order valence-corrected chi connectivity index (χ0v) is 19.3. The Morgan fingerprint density at radius 2 is 1.96 bits per heavy atom. The summed E-state index contributed by atoms with van der Waals surface area (Å²) >= 11 is 1.89. The Morgan fingerprint density at radius 1 is 1.31 bits per heavy atom. The molecule has 2 rings (SSSR count). The molecule has 1 aliphatic heterocycles. The molecule has 0 aromatic heterocycles. The lowest BCUT2D eigenvalue weighted by Gasteiger charge is -2.33. The molecule has 0 amide bonds. The molecule has 1 fully saturated rings. The zero-order valence-electron chi connectivity index (χ0n) is 16.2. The van der Waals surface area contributed by atoms with Crippen LogP contribution in [0.4, 0.5) is 0 Å². The summed E-state index contributed by atoms with van der Waals surface area (Å²) in [5.41, 5.74) is 1.24. The number of guanidine groups is 1. The molecule has 0 saturated carbocycles. The minimum atomic E-state index is 0. The van der Waals surface area contributed by atoms with Crippen molar-refractivity contribution in [3.05, 3.63) is 42.5 Å². The second-order valence-corrected chi connectivity index (χ2v) is 8.36. The van der Waals surface area contributed by atoms with Gasteiger partial charge in [0.05, 0.1) is 0 Å². The van der Waals surface area contributed by atoms with Crippen LogP contribution in [0, 0.1) is 0 Å². The SMILES string of the molecule is C=C(C)CN1CCC(NC(=NC)NCC(C)Sc2ccccc2)CC1.I. The van der Waals surface area contributed by atoms with Crippen molar-refractivity contribution in [3.8, 4) is 0 Å². The summed E-state index contributed by atoms with van der Waals surface area (Å²) in [5, 5.41) is 7.53. The normalized spacial score (nSPS) is 17.3. The Labute approximate surface area is 180 Å². The maximum Gasteiger partial charge on any atom is 0.191 e. The molecule has 0 bridgehead atoms. The third-order valence-electron chi connectivity index (χ3n) is 4.28. The highest BCUT2D eigenvalue weighted by atomic mass is 127. The van der Waals surface area contributed by atoms with Crippen molar-refractivity contribution in [3.63, 3.8) is 0 Å². The number of thioether (sulfide) groups is 1. The van der Waals surface area contributed by atoms with Crippen molar-refractivity contribution in [1.82, 2.24) is 15.5 Å². The van der Waals surface area contributed by atoms with Gasteiger partial charge in [0.15, 0.2) is 5.96 Å². The summed E-state index contributed by atoms with van der Waals surface area (Å²) in [6, 6.07) is 11.1. The lowest BCUT2D eigenvalue weighted by Crippen LogP contribution is -2.49. The van der Waals surface area contributed by atoms with Crippen molar-refractivity contribution in [2.24, 2.45) is 4.99 Å². The Kier molecular flexibility index (Phi) is 11.3. The fourth-order valence-corrected chi connectivity index (χ4v) is 3.96. The van der Waals surface area contributed by atoms with Gasteiger partial charge in [-0.05, 0) is 31.9 Å². The van der Waals surface area contributed by atoms with E-state index in [0.717, 1.165) is 45.0 Å². The summed E-state index contributed by atoms with van der Waals surface area (Å²) in [6.07, 6.45) is 2.31. The molecule has 0 aliphatic carbocycles. The molecule has 6 heteroatoms. The smallest absolute Gasteiger partial charge is 0.191 e. The minimum Gasteiger partial charge on any atom is -0.355 e. The molecule has 2 N–H and O–H groups in total. The zero-order chi connectivity index (χ0) is 18.1. The largest absolute Gasteiger partial charge is 0.355 e. The molecule has 146 valence electrons. The van der Waals surface area contributed by atoms with Crippen molar-refractivity contribution in [2.45, 2.75) is 42.9 Å². The van der Waals surface area contributed by atoms with Crippen LogP contribution in [0.5, 0.6) is 0 Å². The second kappa shape index (κ2) is 12.6. The van der Waals surface area contributed by atoms with Crippen LogP contribution in [0.1, 0.15) is 26.7 Å². The molecule has 1 heterocycles. The number of hydrogen-bond donors (Lipinski definition) is 2. The van der Waals surface area contributed by atoms with E-state index in [1.54, 1.807) is 0 Å². The van der Waals surface area contributed by atoms with Crippen LogP contribution in [0.15, 0.2) is 52.4 Å². The molecule has 1 atom stereocenters. The van der Waals surface area contributed by atoms with Crippen molar-refractivity contribution < 1.29 is 0 Å². The quantitative estimate of drug-likeness (QED) is 0.200. The van der Waals surface area contributed by atoms with E-state index in [1.807, 2.05) is 18.8 Å². The van der Waals surface area contributed by atoms with Gasteiger partial charge in [0.25, 0.3) is 0 Å². The fraction of sp³-hybridized carbons (Fsp3) is 0.550. The van der Waals surface area contributed by atoms with Gasteiger partial charge in [0.2, 0.25) is 0 Å². The predicted octanol–water partition coefficient (Wildman–Crippen LogP) is 3.99. The van der Waals surface area contributed by atoms with Crippen LogP contribution in [0.25, 0.3) is 0 Å². The standard InChI is InChI=1S/C20H32N4S.HI/c1-16(2)15-24-12-10-18(11-13-24)23-20(21-4)22-14-17(3)25-19-8-6-5-7-9-19;/h5-9,17-18H,1,10-15H2,2-4H3,(H2,21,22,23);1H. The number of hydrogen-bond acceptors (Lipinski definition) is 3. The topological polar surface area (TPSA) is 39.7 Å². The van der Waals surface area contributed by atoms with Crippen molar-refractivity contribution in [2.75, 3.05) is 33.2 Å². The van der Waals surface area contributed by atoms with Gasteiger partial charge in [-0.15, -0.1) is 35.7 Å². The van der Waals surface area contributed by atoms with E-state index in [-0.39, 0.29) is 24.0 Å². The van der Waals surface area contributed by atoms with E-state index < -0.39 is 0 Å². The maximum absolute atomic E-state index is 4.39. The van der Waals surface area contributed by atoms with E-state index in [1.165, 1.54) is 10.5 Å². The molecule has 1 unspecified atom stereocenters. The van der Waals surface area contributed by atoms with E-state index in [0.29, 0.717) is 11.3 Å². The number of nitrogens with zero attached hydrogens (tertiary/aromatic N) is 2. The molecule has 1 saturated heterocycles. The molecule has 26 heavy (non-hydrogen) atoms. The molecule has 4 nitrogen and oxygen atoms in total. The Balaban J connectivity index is 0.00000338. The number of rotatable bonds is 7.